The fraction of sp³-hybridized carbons (Fsp3) is 0.273. The molecule has 0 aliphatic rings. The van der Waals surface area contributed by atoms with Crippen LogP contribution in [0.3, 0.4) is 0 Å². The van der Waals surface area contributed by atoms with Crippen molar-refractivity contribution in [3.05, 3.63) is 40.7 Å². The van der Waals surface area contributed by atoms with Crippen molar-refractivity contribution in [2.45, 2.75) is 18.7 Å². The Morgan fingerprint density at radius 2 is 2.19 bits per heavy atom. The molecule has 0 amide bonds. The van der Waals surface area contributed by atoms with Gasteiger partial charge in [0, 0.05) is 5.02 Å². The molecule has 2 rings (SSSR count). The van der Waals surface area contributed by atoms with Crippen molar-refractivity contribution in [1.29, 1.82) is 0 Å². The highest BCUT2D eigenvalue weighted by Crippen LogP contribution is 2.23. The molecule has 0 aliphatic heterocycles. The number of aromatic nitrogens is 3. The molecule has 1 aromatic carbocycles. The van der Waals surface area contributed by atoms with Gasteiger partial charge in [0.1, 0.15) is 0 Å². The molecule has 5 heteroatoms. The van der Waals surface area contributed by atoms with Crippen molar-refractivity contribution >= 4 is 27.5 Å². The second kappa shape index (κ2) is 4.55. The van der Waals surface area contributed by atoms with Gasteiger partial charge in [-0.3, -0.25) is 0 Å². The highest BCUT2D eigenvalue weighted by Gasteiger charge is 2.09. The van der Waals surface area contributed by atoms with E-state index in [0.717, 1.165) is 22.0 Å². The Kier molecular flexibility index (Phi) is 3.30. The van der Waals surface area contributed by atoms with Crippen molar-refractivity contribution in [3.8, 4) is 5.69 Å². The van der Waals surface area contributed by atoms with Crippen LogP contribution in [0.25, 0.3) is 5.69 Å². The zero-order chi connectivity index (χ0) is 11.7. The Morgan fingerprint density at radius 3 is 2.81 bits per heavy atom. The second-order valence-corrected chi connectivity index (χ2v) is 5.37. The predicted molar refractivity (Wildman–Crippen MR) is 68.4 cm³/mol. The lowest BCUT2D eigenvalue weighted by Crippen LogP contribution is -1.97. The van der Waals surface area contributed by atoms with Crippen molar-refractivity contribution in [1.82, 2.24) is 15.0 Å². The summed E-state index contributed by atoms with van der Waals surface area (Å²) in [6.07, 6.45) is 1.90. The van der Waals surface area contributed by atoms with Crippen LogP contribution in [0.15, 0.2) is 24.4 Å². The standard InChI is InChI=1S/C11H11BrClN3/c1-7-9(13)4-3-5-11(7)16-6-10(8(2)12)14-15-16/h3-6,8H,1-2H3. The van der Waals surface area contributed by atoms with E-state index in [1.54, 1.807) is 4.68 Å². The van der Waals surface area contributed by atoms with E-state index in [9.17, 15) is 0 Å². The van der Waals surface area contributed by atoms with Crippen LogP contribution in [0.5, 0.6) is 0 Å². The zero-order valence-electron chi connectivity index (χ0n) is 8.98. The largest absolute Gasteiger partial charge is 0.220 e. The van der Waals surface area contributed by atoms with Crippen LogP contribution in [-0.2, 0) is 0 Å². The maximum absolute atomic E-state index is 6.06. The third-order valence-electron chi connectivity index (χ3n) is 2.40. The van der Waals surface area contributed by atoms with Crippen LogP contribution in [0.1, 0.15) is 23.0 Å². The molecule has 1 aromatic heterocycles. The summed E-state index contributed by atoms with van der Waals surface area (Å²) in [6, 6.07) is 5.74. The number of alkyl halides is 1. The smallest absolute Gasteiger partial charge is 0.0965 e. The first kappa shape index (κ1) is 11.6. The van der Waals surface area contributed by atoms with E-state index in [1.165, 1.54) is 0 Å². The SMILES string of the molecule is Cc1c(Cl)cccc1-n1cc(C(C)Br)nn1. The summed E-state index contributed by atoms with van der Waals surface area (Å²) in [5.74, 6) is 0. The van der Waals surface area contributed by atoms with Crippen molar-refractivity contribution < 1.29 is 0 Å². The molecule has 1 atom stereocenters. The third-order valence-corrected chi connectivity index (χ3v) is 3.28. The molecule has 0 saturated carbocycles. The van der Waals surface area contributed by atoms with E-state index < -0.39 is 0 Å². The van der Waals surface area contributed by atoms with Crippen molar-refractivity contribution in [3.63, 3.8) is 0 Å². The van der Waals surface area contributed by atoms with Gasteiger partial charge in [-0.25, -0.2) is 4.68 Å². The zero-order valence-corrected chi connectivity index (χ0v) is 11.3. The van der Waals surface area contributed by atoms with Gasteiger partial charge in [-0.05, 0) is 31.5 Å². The Balaban J connectivity index is 2.47. The quantitative estimate of drug-likeness (QED) is 0.792. The Morgan fingerprint density at radius 1 is 1.44 bits per heavy atom. The lowest BCUT2D eigenvalue weighted by molar-refractivity contribution is 0.793. The van der Waals surface area contributed by atoms with E-state index in [-0.39, 0.29) is 4.83 Å². The van der Waals surface area contributed by atoms with Gasteiger partial charge in [-0.2, -0.15) is 0 Å². The van der Waals surface area contributed by atoms with Crippen LogP contribution in [0.4, 0.5) is 0 Å². The molecule has 3 nitrogen and oxygen atoms in total. The minimum atomic E-state index is 0.195. The van der Waals surface area contributed by atoms with Gasteiger partial charge in [0.25, 0.3) is 0 Å². The number of hydrogen-bond donors (Lipinski definition) is 0. The molecule has 0 fully saturated rings. The maximum atomic E-state index is 6.06. The molecule has 1 unspecified atom stereocenters. The Bertz CT molecular complexity index is 508. The lowest BCUT2D eigenvalue weighted by Gasteiger charge is -2.05. The number of rotatable bonds is 2. The molecule has 0 radical (unpaired) electrons. The number of halogens is 2. The van der Waals surface area contributed by atoms with Gasteiger partial charge >= 0.3 is 0 Å². The third kappa shape index (κ3) is 2.13. The second-order valence-electron chi connectivity index (χ2n) is 3.59. The van der Waals surface area contributed by atoms with Gasteiger partial charge in [0.15, 0.2) is 0 Å². The van der Waals surface area contributed by atoms with Crippen LogP contribution in [0, 0.1) is 6.92 Å². The summed E-state index contributed by atoms with van der Waals surface area (Å²) in [4.78, 5) is 0.195. The van der Waals surface area contributed by atoms with E-state index in [1.807, 2.05) is 38.2 Å². The summed E-state index contributed by atoms with van der Waals surface area (Å²) >= 11 is 9.52. The van der Waals surface area contributed by atoms with E-state index in [0.29, 0.717) is 0 Å². The minimum absolute atomic E-state index is 0.195. The molecular weight excluding hydrogens is 289 g/mol. The maximum Gasteiger partial charge on any atom is 0.0965 e. The van der Waals surface area contributed by atoms with Crippen LogP contribution in [-0.4, -0.2) is 15.0 Å². The van der Waals surface area contributed by atoms with Crippen LogP contribution in [0.2, 0.25) is 5.02 Å². The monoisotopic (exact) mass is 299 g/mol. The molecule has 2 aromatic rings. The topological polar surface area (TPSA) is 30.7 Å². The highest BCUT2D eigenvalue weighted by atomic mass is 79.9. The van der Waals surface area contributed by atoms with Crippen molar-refractivity contribution in [2.24, 2.45) is 0 Å². The molecule has 0 spiro atoms. The summed E-state index contributed by atoms with van der Waals surface area (Å²) in [7, 11) is 0. The molecule has 0 N–H and O–H groups in total. The molecular formula is C11H11BrClN3. The summed E-state index contributed by atoms with van der Waals surface area (Å²) < 4.78 is 1.74. The van der Waals surface area contributed by atoms with E-state index in [4.69, 9.17) is 11.6 Å². The summed E-state index contributed by atoms with van der Waals surface area (Å²) in [5.41, 5.74) is 2.86. The summed E-state index contributed by atoms with van der Waals surface area (Å²) in [6.45, 7) is 3.98. The van der Waals surface area contributed by atoms with Gasteiger partial charge in [-0.15, -0.1) is 5.10 Å². The normalized spacial score (nSPS) is 12.8. The van der Waals surface area contributed by atoms with Crippen LogP contribution >= 0.6 is 27.5 Å². The first-order valence-electron chi connectivity index (χ1n) is 4.91. The average molecular weight is 301 g/mol. The number of nitrogens with zero attached hydrogens (tertiary/aromatic N) is 3. The summed E-state index contributed by atoms with van der Waals surface area (Å²) in [5, 5.41) is 8.91. The first-order chi connectivity index (χ1) is 7.59. The molecule has 0 saturated heterocycles. The molecule has 16 heavy (non-hydrogen) atoms. The highest BCUT2D eigenvalue weighted by molar-refractivity contribution is 9.09. The number of benzene rings is 1. The number of hydrogen-bond acceptors (Lipinski definition) is 2. The minimum Gasteiger partial charge on any atom is -0.220 e. The van der Waals surface area contributed by atoms with Gasteiger partial charge < -0.3 is 0 Å². The Hall–Kier alpha value is -0.870. The fourth-order valence-electron chi connectivity index (χ4n) is 1.42. The molecule has 84 valence electrons. The van der Waals surface area contributed by atoms with E-state index >= 15 is 0 Å². The van der Waals surface area contributed by atoms with E-state index in [2.05, 4.69) is 26.2 Å². The van der Waals surface area contributed by atoms with Crippen molar-refractivity contribution in [2.75, 3.05) is 0 Å². The Labute approximate surface area is 108 Å². The first-order valence-corrected chi connectivity index (χ1v) is 6.20. The van der Waals surface area contributed by atoms with Gasteiger partial charge in [-0.1, -0.05) is 38.8 Å². The molecule has 0 aliphatic carbocycles. The molecule has 0 bridgehead atoms. The van der Waals surface area contributed by atoms with Crippen LogP contribution < -0.4 is 0 Å². The average Bonchev–Trinajstić information content (AvgIpc) is 2.71. The predicted octanol–water partition coefficient (Wildman–Crippen LogP) is 3.69. The lowest BCUT2D eigenvalue weighted by atomic mass is 10.2. The molecule has 1 heterocycles. The fourth-order valence-corrected chi connectivity index (χ4v) is 1.80. The van der Waals surface area contributed by atoms with Gasteiger partial charge in [0.05, 0.1) is 22.4 Å². The van der Waals surface area contributed by atoms with Gasteiger partial charge in [0.2, 0.25) is 0 Å².